The highest BCUT2D eigenvalue weighted by molar-refractivity contribution is 7.28. The number of amides is 2. The summed E-state index contributed by atoms with van der Waals surface area (Å²) in [5.41, 5.74) is 10.9. The molecule has 2 amide bonds. The van der Waals surface area contributed by atoms with E-state index >= 15 is 9.59 Å². The molecule has 9 heteroatoms. The molecule has 1 aliphatic rings. The van der Waals surface area contributed by atoms with Gasteiger partial charge in [0, 0.05) is 55.3 Å². The van der Waals surface area contributed by atoms with Crippen molar-refractivity contribution < 1.29 is 9.59 Å². The van der Waals surface area contributed by atoms with Crippen molar-refractivity contribution in [2.24, 2.45) is 5.92 Å². The monoisotopic (exact) mass is 1300 g/mol. The molecule has 0 fully saturated rings. The average molecular weight is 1300 g/mol. The molecule has 0 saturated heterocycles. The number of aryl methyl sites for hydroxylation is 4. The molecule has 1 unspecified atom stereocenters. The Bertz CT molecular complexity index is 3210. The molecule has 1 aliphatic heterocycles. The van der Waals surface area contributed by atoms with Gasteiger partial charge in [0.15, 0.2) is 0 Å². The van der Waals surface area contributed by atoms with Crippen molar-refractivity contribution in [1.29, 1.82) is 0 Å². The lowest BCUT2D eigenvalue weighted by molar-refractivity contribution is -0.136. The van der Waals surface area contributed by atoms with Gasteiger partial charge in [-0.3, -0.25) is 14.5 Å². The highest BCUT2D eigenvalue weighted by atomic mass is 32.1. The van der Waals surface area contributed by atoms with E-state index in [0.29, 0.717) is 17.7 Å². The first-order valence-electron chi connectivity index (χ1n) is 35.2. The van der Waals surface area contributed by atoms with Crippen molar-refractivity contribution in [3.63, 3.8) is 0 Å². The van der Waals surface area contributed by atoms with E-state index in [-0.39, 0.29) is 17.7 Å². The van der Waals surface area contributed by atoms with Gasteiger partial charge < -0.3 is 0 Å². The van der Waals surface area contributed by atoms with Gasteiger partial charge in [0.2, 0.25) is 0 Å². The molecule has 0 aliphatic carbocycles. The minimum atomic E-state index is -0.166. The minimum absolute atomic E-state index is 0.166. The lowest BCUT2D eigenvalue weighted by Crippen LogP contribution is -2.36. The second kappa shape index (κ2) is 36.7. The quantitative estimate of drug-likeness (QED) is 0.0282. The number of carbonyl (C=O) groups excluding carboxylic acids is 2. The van der Waals surface area contributed by atoms with E-state index in [1.165, 1.54) is 225 Å². The summed E-state index contributed by atoms with van der Waals surface area (Å²) in [6.07, 6.45) is 39.7. The summed E-state index contributed by atoms with van der Waals surface area (Å²) >= 11 is 11.6. The Morgan fingerprint density at radius 1 is 0.326 bits per heavy atom. The van der Waals surface area contributed by atoms with E-state index in [9.17, 15) is 0 Å². The second-order valence-electron chi connectivity index (χ2n) is 25.4. The Morgan fingerprint density at radius 2 is 0.652 bits per heavy atom. The first kappa shape index (κ1) is 68.9. The van der Waals surface area contributed by atoms with Crippen LogP contribution in [0.1, 0.15) is 255 Å². The number of hydrogen-bond donors (Lipinski definition) is 0. The van der Waals surface area contributed by atoms with Crippen molar-refractivity contribution in [1.82, 2.24) is 4.90 Å². The van der Waals surface area contributed by atoms with Gasteiger partial charge in [-0.05, 0) is 168 Å². The molecule has 3 nitrogen and oxygen atoms in total. The highest BCUT2D eigenvalue weighted by Crippen LogP contribution is 2.48. The van der Waals surface area contributed by atoms with Crippen LogP contribution in [0.5, 0.6) is 0 Å². The van der Waals surface area contributed by atoms with Crippen molar-refractivity contribution in [2.75, 3.05) is 6.54 Å². The third-order valence-electron chi connectivity index (χ3n) is 18.5. The largest absolute Gasteiger partial charge is 0.274 e. The maximum atomic E-state index is 15.0. The van der Waals surface area contributed by atoms with E-state index in [1.807, 2.05) is 68.0 Å². The predicted molar refractivity (Wildman–Crippen MR) is 398 cm³/mol. The lowest BCUT2D eigenvalue weighted by atomic mass is 9.94. The zero-order valence-electron chi connectivity index (χ0n) is 55.0. The molecule has 7 heterocycles. The van der Waals surface area contributed by atoms with Gasteiger partial charge in [-0.15, -0.1) is 68.0 Å². The molecule has 6 aromatic heterocycles. The van der Waals surface area contributed by atoms with Crippen LogP contribution in [0.25, 0.3) is 71.0 Å². The van der Waals surface area contributed by atoms with Gasteiger partial charge in [-0.25, -0.2) is 0 Å². The molecule has 0 saturated carbocycles. The van der Waals surface area contributed by atoms with Gasteiger partial charge >= 0.3 is 0 Å². The second-order valence-corrected chi connectivity index (χ2v) is 31.5. The summed E-state index contributed by atoms with van der Waals surface area (Å²) in [6.45, 7) is 14.1. The Balaban J connectivity index is 0.997. The molecular weight excluding hydrogens is 1200 g/mol. The maximum absolute atomic E-state index is 15.0. The molecule has 476 valence electrons. The molecule has 2 aromatic carbocycles. The van der Waals surface area contributed by atoms with Gasteiger partial charge in [0.1, 0.15) is 0 Å². The molecule has 0 N–H and O–H groups in total. The summed E-state index contributed by atoms with van der Waals surface area (Å²) < 4.78 is 0. The number of thiophene rings is 6. The van der Waals surface area contributed by atoms with Gasteiger partial charge in [-0.2, -0.15) is 0 Å². The van der Waals surface area contributed by atoms with E-state index in [4.69, 9.17) is 0 Å². The number of rotatable bonds is 42. The smallest absolute Gasteiger partial charge is 0.262 e. The molecular formula is C80H103NO2S6. The number of unbranched alkanes of at least 4 members (excludes halogenated alkanes) is 21. The first-order chi connectivity index (χ1) is 43.8. The molecule has 0 radical (unpaired) electrons. The maximum Gasteiger partial charge on any atom is 0.262 e. The number of imide groups is 1. The number of nitrogens with zero attached hydrogens (tertiary/aromatic N) is 1. The molecule has 0 bridgehead atoms. The number of hydrogen-bond acceptors (Lipinski definition) is 8. The topological polar surface area (TPSA) is 37.4 Å². The van der Waals surface area contributed by atoms with Crippen LogP contribution in [0.4, 0.5) is 0 Å². The highest BCUT2D eigenvalue weighted by Gasteiger charge is 2.40. The standard InChI is InChI=1S/C80H103NO2S6/c1-7-13-18-22-26-30-35-63-51-53-84-75(63)67-47-49-69(86-67)77-65(37-32-28-24-20-15-9-3)55-71(88-77)59-39-43-61(44-40-59)73-74(80(83)81(79(73)82)57-58(12-6)34-17-11-5)62-45-41-60(42-46-62)72-56-66(38-33-29-25-21-16-10-4)78(89-72)70-50-48-68(87-70)76-64(52-54-85-76)36-31-27-23-19-14-8-2/h39-56,58H,7-38,57H2,1-6H3. The van der Waals surface area contributed by atoms with Crippen LogP contribution in [0, 0.1) is 5.92 Å². The van der Waals surface area contributed by atoms with Gasteiger partial charge in [-0.1, -0.05) is 238 Å². The zero-order valence-corrected chi connectivity index (χ0v) is 59.9. The van der Waals surface area contributed by atoms with Crippen molar-refractivity contribution in [2.45, 2.75) is 247 Å². The van der Waals surface area contributed by atoms with Crippen molar-refractivity contribution >= 4 is 91.0 Å². The minimum Gasteiger partial charge on any atom is -0.274 e. The fourth-order valence-electron chi connectivity index (χ4n) is 13.0. The van der Waals surface area contributed by atoms with Crippen LogP contribution in [0.3, 0.4) is 0 Å². The van der Waals surface area contributed by atoms with Gasteiger partial charge in [0.25, 0.3) is 11.8 Å². The van der Waals surface area contributed by atoms with Crippen LogP contribution >= 0.6 is 68.0 Å². The van der Waals surface area contributed by atoms with Crippen molar-refractivity contribution in [3.05, 3.63) is 141 Å². The average Bonchev–Trinajstić information content (AvgIpc) is 1.66. The summed E-state index contributed by atoms with van der Waals surface area (Å²) in [7, 11) is 0. The van der Waals surface area contributed by atoms with E-state index < -0.39 is 0 Å². The van der Waals surface area contributed by atoms with E-state index in [2.05, 4.69) is 149 Å². The Kier molecular flexibility index (Phi) is 28.4. The molecule has 89 heavy (non-hydrogen) atoms. The fourth-order valence-corrected chi connectivity index (χ4v) is 20.0. The third kappa shape index (κ3) is 18.9. The number of benzene rings is 2. The Morgan fingerprint density at radius 3 is 1.01 bits per heavy atom. The van der Waals surface area contributed by atoms with Crippen molar-refractivity contribution in [3.8, 4) is 59.9 Å². The van der Waals surface area contributed by atoms with Gasteiger partial charge in [0.05, 0.1) is 11.1 Å². The summed E-state index contributed by atoms with van der Waals surface area (Å²) in [6, 6.07) is 36.4. The molecule has 8 aromatic rings. The summed E-state index contributed by atoms with van der Waals surface area (Å²) in [5.74, 6) is -0.0695. The summed E-state index contributed by atoms with van der Waals surface area (Å²) in [4.78, 5) is 45.4. The van der Waals surface area contributed by atoms with Crippen LogP contribution < -0.4 is 0 Å². The molecule has 9 rings (SSSR count). The molecule has 0 spiro atoms. The van der Waals surface area contributed by atoms with Crippen LogP contribution in [0.15, 0.2) is 108 Å². The summed E-state index contributed by atoms with van der Waals surface area (Å²) in [5, 5.41) is 4.58. The molecule has 1 atom stereocenters. The lowest BCUT2D eigenvalue weighted by Gasteiger charge is -2.22. The zero-order chi connectivity index (χ0) is 62.2. The normalized spacial score (nSPS) is 13.1. The Hall–Kier alpha value is -4.48. The van der Waals surface area contributed by atoms with Crippen LogP contribution in [-0.2, 0) is 35.3 Å². The Labute approximate surface area is 561 Å². The SMILES string of the molecule is CCCCCCCCc1ccsc1-c1ccc(-c2sc(-c3ccc(C4=C(c5ccc(-c6cc(CCCCCCCC)c(-c7ccc(-c8sccc8CCCCCCCC)s7)s6)cc5)C(=O)N(CC(CC)CCCC)C4=O)cc3)cc2CCCCCCCC)s1. The van der Waals surface area contributed by atoms with Crippen LogP contribution in [0.2, 0.25) is 0 Å². The third-order valence-corrected chi connectivity index (χ3v) is 25.7. The fraction of sp³-hybridized carbons (Fsp3) is 0.500. The van der Waals surface area contributed by atoms with E-state index in [0.717, 1.165) is 73.6 Å². The predicted octanol–water partition coefficient (Wildman–Crippen LogP) is 27.2. The first-order valence-corrected chi connectivity index (χ1v) is 40.2. The number of carbonyl (C=O) groups is 2. The van der Waals surface area contributed by atoms with Crippen LogP contribution in [-0.4, -0.2) is 23.3 Å². The van der Waals surface area contributed by atoms with E-state index in [1.54, 1.807) is 4.90 Å².